The smallest absolute Gasteiger partial charge is 0.0741 e. The SMILES string of the molecule is CO[C@@H](CN)C(C)(C)C. The molecule has 2 nitrogen and oxygen atoms in total. The average Bonchev–Trinajstić information content (AvgIpc) is 1.65. The minimum Gasteiger partial charge on any atom is -0.380 e. The summed E-state index contributed by atoms with van der Waals surface area (Å²) < 4.78 is 5.14. The summed E-state index contributed by atoms with van der Waals surface area (Å²) in [6.45, 7) is 6.95. The van der Waals surface area contributed by atoms with Crippen LogP contribution in [0.1, 0.15) is 20.8 Å². The Balaban J connectivity index is 3.79. The molecule has 0 saturated carbocycles. The van der Waals surface area contributed by atoms with Crippen LogP contribution in [0.4, 0.5) is 0 Å². The number of rotatable bonds is 2. The standard InChI is InChI=1S/C7H17NO/c1-7(2,3)6(5-8)9-4/h6H,5,8H2,1-4H3/t6-/m0/s1. The first-order chi connectivity index (χ1) is 4.02. The van der Waals surface area contributed by atoms with Gasteiger partial charge in [-0.1, -0.05) is 20.8 Å². The van der Waals surface area contributed by atoms with Gasteiger partial charge in [0.2, 0.25) is 0 Å². The second-order valence-corrected chi connectivity index (χ2v) is 3.33. The second-order valence-electron chi connectivity index (χ2n) is 3.33. The fourth-order valence-corrected chi connectivity index (χ4v) is 0.803. The van der Waals surface area contributed by atoms with Gasteiger partial charge in [-0.2, -0.15) is 0 Å². The molecule has 0 saturated heterocycles. The van der Waals surface area contributed by atoms with Gasteiger partial charge in [0, 0.05) is 13.7 Å². The Morgan fingerprint density at radius 3 is 1.89 bits per heavy atom. The van der Waals surface area contributed by atoms with Gasteiger partial charge in [-0.15, -0.1) is 0 Å². The molecular weight excluding hydrogens is 114 g/mol. The van der Waals surface area contributed by atoms with E-state index in [2.05, 4.69) is 20.8 Å². The van der Waals surface area contributed by atoms with Gasteiger partial charge in [-0.3, -0.25) is 0 Å². The van der Waals surface area contributed by atoms with Gasteiger partial charge in [0.15, 0.2) is 0 Å². The first-order valence-electron chi connectivity index (χ1n) is 3.25. The number of nitrogens with two attached hydrogens (primary N) is 1. The molecule has 9 heavy (non-hydrogen) atoms. The third-order valence-electron chi connectivity index (χ3n) is 1.46. The Morgan fingerprint density at radius 1 is 1.44 bits per heavy atom. The summed E-state index contributed by atoms with van der Waals surface area (Å²) in [4.78, 5) is 0. The van der Waals surface area contributed by atoms with Crippen molar-refractivity contribution in [1.82, 2.24) is 0 Å². The van der Waals surface area contributed by atoms with Gasteiger partial charge in [0.25, 0.3) is 0 Å². The summed E-state index contributed by atoms with van der Waals surface area (Å²) >= 11 is 0. The maximum atomic E-state index is 5.44. The zero-order valence-corrected chi connectivity index (χ0v) is 6.77. The van der Waals surface area contributed by atoms with E-state index in [1.54, 1.807) is 7.11 Å². The quantitative estimate of drug-likeness (QED) is 0.607. The molecule has 56 valence electrons. The highest BCUT2D eigenvalue weighted by Gasteiger charge is 2.22. The zero-order chi connectivity index (χ0) is 7.49. The summed E-state index contributed by atoms with van der Waals surface area (Å²) in [5.74, 6) is 0. The second kappa shape index (κ2) is 3.18. The number of hydrogen-bond acceptors (Lipinski definition) is 2. The highest BCUT2D eigenvalue weighted by atomic mass is 16.5. The molecule has 0 aliphatic heterocycles. The van der Waals surface area contributed by atoms with E-state index in [9.17, 15) is 0 Å². The molecule has 0 amide bonds. The lowest BCUT2D eigenvalue weighted by Gasteiger charge is -2.27. The first kappa shape index (κ1) is 8.92. The highest BCUT2D eigenvalue weighted by molar-refractivity contribution is 4.74. The van der Waals surface area contributed by atoms with Crippen LogP contribution >= 0.6 is 0 Å². The van der Waals surface area contributed by atoms with Crippen LogP contribution in [0.15, 0.2) is 0 Å². The summed E-state index contributed by atoms with van der Waals surface area (Å²) in [6.07, 6.45) is 0.178. The zero-order valence-electron chi connectivity index (χ0n) is 6.77. The van der Waals surface area contributed by atoms with Crippen LogP contribution in [0.25, 0.3) is 0 Å². The van der Waals surface area contributed by atoms with Crippen LogP contribution in [-0.2, 0) is 4.74 Å². The first-order valence-corrected chi connectivity index (χ1v) is 3.25. The van der Waals surface area contributed by atoms with Crippen molar-refractivity contribution in [1.29, 1.82) is 0 Å². The molecule has 2 heteroatoms. The van der Waals surface area contributed by atoms with E-state index < -0.39 is 0 Å². The Labute approximate surface area is 57.4 Å². The normalized spacial score (nSPS) is 15.7. The van der Waals surface area contributed by atoms with Crippen molar-refractivity contribution in [3.63, 3.8) is 0 Å². The van der Waals surface area contributed by atoms with E-state index in [1.165, 1.54) is 0 Å². The molecule has 0 radical (unpaired) electrons. The Morgan fingerprint density at radius 2 is 1.89 bits per heavy atom. The third kappa shape index (κ3) is 2.82. The van der Waals surface area contributed by atoms with Gasteiger partial charge in [0.05, 0.1) is 6.10 Å². The molecule has 0 aliphatic carbocycles. The van der Waals surface area contributed by atoms with E-state index in [1.807, 2.05) is 0 Å². The maximum absolute atomic E-state index is 5.44. The molecule has 0 aromatic heterocycles. The van der Waals surface area contributed by atoms with Gasteiger partial charge in [-0.05, 0) is 5.41 Å². The molecule has 0 bridgehead atoms. The highest BCUT2D eigenvalue weighted by Crippen LogP contribution is 2.20. The maximum Gasteiger partial charge on any atom is 0.0741 e. The van der Waals surface area contributed by atoms with Crippen LogP contribution in [0.3, 0.4) is 0 Å². The fourth-order valence-electron chi connectivity index (χ4n) is 0.803. The van der Waals surface area contributed by atoms with Gasteiger partial charge in [0.1, 0.15) is 0 Å². The predicted molar refractivity (Wildman–Crippen MR) is 39.3 cm³/mol. The summed E-state index contributed by atoms with van der Waals surface area (Å²) in [5.41, 5.74) is 5.61. The van der Waals surface area contributed by atoms with Crippen LogP contribution in [0, 0.1) is 5.41 Å². The van der Waals surface area contributed by atoms with Gasteiger partial charge < -0.3 is 10.5 Å². The molecule has 0 fully saturated rings. The van der Waals surface area contributed by atoms with E-state index in [0.717, 1.165) is 0 Å². The fraction of sp³-hybridized carbons (Fsp3) is 1.00. The summed E-state index contributed by atoms with van der Waals surface area (Å²) in [7, 11) is 1.70. The lowest BCUT2D eigenvalue weighted by molar-refractivity contribution is 0.0238. The molecular formula is C7H17NO. The molecule has 0 aromatic carbocycles. The van der Waals surface area contributed by atoms with Crippen LogP contribution in [-0.4, -0.2) is 19.8 Å². The molecule has 0 aliphatic rings. The van der Waals surface area contributed by atoms with Crippen LogP contribution in [0.5, 0.6) is 0 Å². The Hall–Kier alpha value is -0.0800. The lowest BCUT2D eigenvalue weighted by Crippen LogP contribution is -2.35. The number of ether oxygens (including phenoxy) is 1. The molecule has 1 atom stereocenters. The van der Waals surface area contributed by atoms with E-state index in [-0.39, 0.29) is 11.5 Å². The van der Waals surface area contributed by atoms with Crippen LogP contribution < -0.4 is 5.73 Å². The van der Waals surface area contributed by atoms with Gasteiger partial charge in [-0.25, -0.2) is 0 Å². The minimum absolute atomic E-state index is 0.170. The molecule has 0 unspecified atom stereocenters. The van der Waals surface area contributed by atoms with Crippen molar-refractivity contribution in [2.45, 2.75) is 26.9 Å². The van der Waals surface area contributed by atoms with Gasteiger partial charge >= 0.3 is 0 Å². The Bertz CT molecular complexity index is 71.5. The lowest BCUT2D eigenvalue weighted by atomic mass is 9.89. The van der Waals surface area contributed by atoms with E-state index in [0.29, 0.717) is 6.54 Å². The predicted octanol–water partition coefficient (Wildman–Crippen LogP) is 1.01. The average molecular weight is 131 g/mol. The number of methoxy groups -OCH3 is 1. The van der Waals surface area contributed by atoms with E-state index >= 15 is 0 Å². The largest absolute Gasteiger partial charge is 0.380 e. The number of hydrogen-bond donors (Lipinski definition) is 1. The molecule has 0 spiro atoms. The Kier molecular flexibility index (Phi) is 3.15. The molecule has 0 aromatic rings. The van der Waals surface area contributed by atoms with Crippen LogP contribution in [0.2, 0.25) is 0 Å². The summed E-state index contributed by atoms with van der Waals surface area (Å²) in [5, 5.41) is 0. The minimum atomic E-state index is 0.170. The van der Waals surface area contributed by atoms with Crippen molar-refractivity contribution in [2.75, 3.05) is 13.7 Å². The van der Waals surface area contributed by atoms with Crippen molar-refractivity contribution in [2.24, 2.45) is 11.1 Å². The topological polar surface area (TPSA) is 35.2 Å². The van der Waals surface area contributed by atoms with Crippen molar-refractivity contribution < 1.29 is 4.74 Å². The van der Waals surface area contributed by atoms with Crippen molar-refractivity contribution in [3.05, 3.63) is 0 Å². The monoisotopic (exact) mass is 131 g/mol. The van der Waals surface area contributed by atoms with Crippen molar-refractivity contribution in [3.8, 4) is 0 Å². The third-order valence-corrected chi connectivity index (χ3v) is 1.46. The van der Waals surface area contributed by atoms with Crippen molar-refractivity contribution >= 4 is 0 Å². The molecule has 0 rings (SSSR count). The van der Waals surface area contributed by atoms with E-state index in [4.69, 9.17) is 10.5 Å². The molecule has 2 N–H and O–H groups in total. The molecule has 0 heterocycles. The summed E-state index contributed by atoms with van der Waals surface area (Å²) in [6, 6.07) is 0.